The Hall–Kier alpha value is -1.90. The van der Waals surface area contributed by atoms with E-state index in [9.17, 15) is 0 Å². The zero-order valence-corrected chi connectivity index (χ0v) is 9.82. The lowest BCUT2D eigenvalue weighted by atomic mass is 10.1. The van der Waals surface area contributed by atoms with Crippen molar-refractivity contribution in [3.63, 3.8) is 0 Å². The number of methoxy groups -OCH3 is 3. The summed E-state index contributed by atoms with van der Waals surface area (Å²) in [6.07, 6.45) is 5.44. The molecule has 86 valence electrons. The van der Waals surface area contributed by atoms with Crippen LogP contribution in [0.5, 0.6) is 17.2 Å². The second kappa shape index (κ2) is 5.85. The van der Waals surface area contributed by atoms with Crippen molar-refractivity contribution in [3.05, 3.63) is 36.4 Å². The topological polar surface area (TPSA) is 27.7 Å². The summed E-state index contributed by atoms with van der Waals surface area (Å²) in [5.41, 5.74) is 0.917. The Bertz CT molecular complexity index is 394. The SMILES string of the molecule is C=CC=Cc1ccc(OC)c(OC)c1OC. The van der Waals surface area contributed by atoms with Crippen LogP contribution in [0.15, 0.2) is 30.9 Å². The van der Waals surface area contributed by atoms with Gasteiger partial charge in [0.2, 0.25) is 5.75 Å². The van der Waals surface area contributed by atoms with E-state index in [0.29, 0.717) is 17.2 Å². The second-order valence-corrected chi connectivity index (χ2v) is 3.02. The van der Waals surface area contributed by atoms with Crippen LogP contribution in [0.4, 0.5) is 0 Å². The molecule has 1 aromatic rings. The maximum absolute atomic E-state index is 5.32. The van der Waals surface area contributed by atoms with Gasteiger partial charge in [0.15, 0.2) is 11.5 Å². The van der Waals surface area contributed by atoms with Gasteiger partial charge in [-0.1, -0.05) is 24.8 Å². The molecule has 0 bridgehead atoms. The maximum atomic E-state index is 5.32. The van der Waals surface area contributed by atoms with Crippen LogP contribution >= 0.6 is 0 Å². The van der Waals surface area contributed by atoms with Crippen molar-refractivity contribution in [2.75, 3.05) is 21.3 Å². The van der Waals surface area contributed by atoms with E-state index in [4.69, 9.17) is 14.2 Å². The summed E-state index contributed by atoms with van der Waals surface area (Å²) in [5, 5.41) is 0. The Labute approximate surface area is 95.9 Å². The standard InChI is InChI=1S/C13H16O3/c1-5-6-7-10-8-9-11(14-2)13(16-4)12(10)15-3/h5-9H,1H2,2-4H3. The normalized spacial score (nSPS) is 10.2. The summed E-state index contributed by atoms with van der Waals surface area (Å²) in [5.74, 6) is 1.89. The molecule has 0 heterocycles. The van der Waals surface area contributed by atoms with E-state index in [2.05, 4.69) is 6.58 Å². The molecule has 3 heteroatoms. The van der Waals surface area contributed by atoms with Crippen molar-refractivity contribution < 1.29 is 14.2 Å². The zero-order chi connectivity index (χ0) is 12.0. The lowest BCUT2D eigenvalue weighted by Gasteiger charge is -2.13. The van der Waals surface area contributed by atoms with Crippen LogP contribution in [0, 0.1) is 0 Å². The van der Waals surface area contributed by atoms with Gasteiger partial charge in [0, 0.05) is 5.56 Å². The first-order chi connectivity index (χ1) is 7.78. The molecule has 0 spiro atoms. The molecule has 1 aromatic carbocycles. The largest absolute Gasteiger partial charge is 0.493 e. The summed E-state index contributed by atoms with van der Waals surface area (Å²) >= 11 is 0. The van der Waals surface area contributed by atoms with Crippen molar-refractivity contribution in [1.82, 2.24) is 0 Å². The van der Waals surface area contributed by atoms with Gasteiger partial charge in [0.05, 0.1) is 21.3 Å². The quantitative estimate of drug-likeness (QED) is 0.714. The predicted octanol–water partition coefficient (Wildman–Crippen LogP) is 2.91. The van der Waals surface area contributed by atoms with Gasteiger partial charge in [-0.2, -0.15) is 0 Å². The number of hydrogen-bond acceptors (Lipinski definition) is 3. The molecule has 0 aliphatic rings. The van der Waals surface area contributed by atoms with Crippen molar-refractivity contribution in [3.8, 4) is 17.2 Å². The van der Waals surface area contributed by atoms with Crippen LogP contribution in [0.25, 0.3) is 6.08 Å². The molecule has 0 radical (unpaired) electrons. The summed E-state index contributed by atoms with van der Waals surface area (Å²) in [7, 11) is 4.78. The van der Waals surface area contributed by atoms with Gasteiger partial charge in [0.25, 0.3) is 0 Å². The molecule has 0 N–H and O–H groups in total. The molecule has 16 heavy (non-hydrogen) atoms. The highest BCUT2D eigenvalue weighted by molar-refractivity contribution is 5.67. The van der Waals surface area contributed by atoms with Crippen LogP contribution in [0.2, 0.25) is 0 Å². The van der Waals surface area contributed by atoms with E-state index in [-0.39, 0.29) is 0 Å². The third kappa shape index (κ3) is 2.37. The molecule has 1 rings (SSSR count). The molecule has 0 fully saturated rings. The smallest absolute Gasteiger partial charge is 0.203 e. The Morgan fingerprint density at radius 3 is 2.19 bits per heavy atom. The first kappa shape index (κ1) is 12.2. The highest BCUT2D eigenvalue weighted by atomic mass is 16.5. The van der Waals surface area contributed by atoms with E-state index < -0.39 is 0 Å². The number of hydrogen-bond donors (Lipinski definition) is 0. The monoisotopic (exact) mass is 220 g/mol. The maximum Gasteiger partial charge on any atom is 0.203 e. The zero-order valence-electron chi connectivity index (χ0n) is 9.82. The van der Waals surface area contributed by atoms with Gasteiger partial charge in [0.1, 0.15) is 0 Å². The highest BCUT2D eigenvalue weighted by Crippen LogP contribution is 2.40. The minimum atomic E-state index is 0.594. The van der Waals surface area contributed by atoms with E-state index in [0.717, 1.165) is 5.56 Å². The molecular weight excluding hydrogens is 204 g/mol. The highest BCUT2D eigenvalue weighted by Gasteiger charge is 2.13. The first-order valence-corrected chi connectivity index (χ1v) is 4.86. The van der Waals surface area contributed by atoms with Crippen molar-refractivity contribution in [2.24, 2.45) is 0 Å². The lowest BCUT2D eigenvalue weighted by molar-refractivity contribution is 0.324. The fraction of sp³-hybridized carbons (Fsp3) is 0.231. The summed E-state index contributed by atoms with van der Waals surface area (Å²) < 4.78 is 15.8. The Morgan fingerprint density at radius 2 is 1.69 bits per heavy atom. The molecule has 0 aromatic heterocycles. The van der Waals surface area contributed by atoms with Gasteiger partial charge >= 0.3 is 0 Å². The van der Waals surface area contributed by atoms with E-state index in [1.54, 1.807) is 27.4 Å². The number of rotatable bonds is 5. The molecule has 0 aliphatic heterocycles. The van der Waals surface area contributed by atoms with Gasteiger partial charge < -0.3 is 14.2 Å². The molecule has 0 amide bonds. The van der Waals surface area contributed by atoms with Crippen LogP contribution < -0.4 is 14.2 Å². The molecule has 0 unspecified atom stereocenters. The third-order valence-electron chi connectivity index (χ3n) is 2.15. The van der Waals surface area contributed by atoms with Crippen LogP contribution in [-0.4, -0.2) is 21.3 Å². The number of allylic oxidation sites excluding steroid dienone is 2. The van der Waals surface area contributed by atoms with Crippen LogP contribution in [-0.2, 0) is 0 Å². The van der Waals surface area contributed by atoms with Crippen molar-refractivity contribution in [2.45, 2.75) is 0 Å². The Balaban J connectivity index is 3.30. The fourth-order valence-corrected chi connectivity index (χ4v) is 1.43. The second-order valence-electron chi connectivity index (χ2n) is 3.02. The molecule has 0 atom stereocenters. The summed E-state index contributed by atoms with van der Waals surface area (Å²) in [6, 6.07) is 3.74. The van der Waals surface area contributed by atoms with E-state index in [1.165, 1.54) is 0 Å². The number of benzene rings is 1. The molecule has 0 saturated heterocycles. The van der Waals surface area contributed by atoms with Gasteiger partial charge in [-0.15, -0.1) is 0 Å². The van der Waals surface area contributed by atoms with Crippen LogP contribution in [0.3, 0.4) is 0 Å². The Morgan fingerprint density at radius 1 is 1.00 bits per heavy atom. The molecule has 0 aliphatic carbocycles. The molecular formula is C13H16O3. The Kier molecular flexibility index (Phi) is 4.45. The third-order valence-corrected chi connectivity index (χ3v) is 2.15. The average Bonchev–Trinajstić information content (AvgIpc) is 2.34. The summed E-state index contributed by atoms with van der Waals surface area (Å²) in [6.45, 7) is 3.62. The van der Waals surface area contributed by atoms with E-state index in [1.807, 2.05) is 24.3 Å². The van der Waals surface area contributed by atoms with Gasteiger partial charge in [-0.25, -0.2) is 0 Å². The van der Waals surface area contributed by atoms with Crippen molar-refractivity contribution in [1.29, 1.82) is 0 Å². The predicted molar refractivity (Wildman–Crippen MR) is 65.3 cm³/mol. The lowest BCUT2D eigenvalue weighted by Crippen LogP contribution is -1.96. The molecule has 3 nitrogen and oxygen atoms in total. The fourth-order valence-electron chi connectivity index (χ4n) is 1.43. The minimum absolute atomic E-state index is 0.594. The number of ether oxygens (including phenoxy) is 3. The molecule has 0 saturated carbocycles. The average molecular weight is 220 g/mol. The van der Waals surface area contributed by atoms with Gasteiger partial charge in [-0.05, 0) is 12.1 Å². The van der Waals surface area contributed by atoms with E-state index >= 15 is 0 Å². The minimum Gasteiger partial charge on any atom is -0.493 e. The van der Waals surface area contributed by atoms with Crippen LogP contribution in [0.1, 0.15) is 5.56 Å². The first-order valence-electron chi connectivity index (χ1n) is 4.86. The van der Waals surface area contributed by atoms with Gasteiger partial charge in [-0.3, -0.25) is 0 Å². The van der Waals surface area contributed by atoms with Crippen molar-refractivity contribution >= 4 is 6.08 Å². The summed E-state index contributed by atoms with van der Waals surface area (Å²) in [4.78, 5) is 0.